The predicted octanol–water partition coefficient (Wildman–Crippen LogP) is 3.43. The minimum atomic E-state index is 0.235. The van der Waals surface area contributed by atoms with Gasteiger partial charge in [0.25, 0.3) is 0 Å². The van der Waals surface area contributed by atoms with Gasteiger partial charge in [-0.1, -0.05) is 44.2 Å². The predicted molar refractivity (Wildman–Crippen MR) is 87.2 cm³/mol. The maximum Gasteiger partial charge on any atom is 0.00938 e. The Balaban J connectivity index is 1.86. The van der Waals surface area contributed by atoms with E-state index in [2.05, 4.69) is 68.4 Å². The fourth-order valence-electron chi connectivity index (χ4n) is 3.41. The highest BCUT2D eigenvalue weighted by Gasteiger charge is 2.25. The van der Waals surface area contributed by atoms with Crippen LogP contribution >= 0.6 is 0 Å². The number of likely N-dealkylation sites (tertiary alicyclic amines) is 1. The number of piperidine rings is 1. The molecule has 0 amide bonds. The van der Waals surface area contributed by atoms with Crippen LogP contribution in [0.2, 0.25) is 0 Å². The summed E-state index contributed by atoms with van der Waals surface area (Å²) in [7, 11) is 2.22. The Bertz CT molecular complexity index is 391. The molecule has 20 heavy (non-hydrogen) atoms. The van der Waals surface area contributed by atoms with Gasteiger partial charge in [0.15, 0.2) is 0 Å². The molecule has 0 aromatic heterocycles. The second-order valence-electron chi connectivity index (χ2n) is 7.10. The van der Waals surface area contributed by atoms with Crippen molar-refractivity contribution in [3.05, 3.63) is 35.9 Å². The fraction of sp³-hybridized carbons (Fsp3) is 0.667. The van der Waals surface area contributed by atoms with Crippen LogP contribution in [0.3, 0.4) is 0 Å². The zero-order valence-electron chi connectivity index (χ0n) is 13.5. The number of nitrogens with zero attached hydrogens (tertiary/aromatic N) is 1. The van der Waals surface area contributed by atoms with Crippen molar-refractivity contribution >= 4 is 0 Å². The van der Waals surface area contributed by atoms with Crippen molar-refractivity contribution in [3.63, 3.8) is 0 Å². The largest absolute Gasteiger partial charge is 0.311 e. The zero-order valence-corrected chi connectivity index (χ0v) is 13.5. The highest BCUT2D eigenvalue weighted by atomic mass is 15.1. The number of rotatable bonds is 5. The molecule has 0 bridgehead atoms. The monoisotopic (exact) mass is 274 g/mol. The number of hydrogen-bond acceptors (Lipinski definition) is 2. The van der Waals surface area contributed by atoms with Crippen LogP contribution in [0, 0.1) is 0 Å². The van der Waals surface area contributed by atoms with E-state index in [0.717, 1.165) is 0 Å². The minimum Gasteiger partial charge on any atom is -0.311 e. The summed E-state index contributed by atoms with van der Waals surface area (Å²) in [6, 6.07) is 12.2. The van der Waals surface area contributed by atoms with Gasteiger partial charge in [-0.3, -0.25) is 0 Å². The topological polar surface area (TPSA) is 15.3 Å². The van der Waals surface area contributed by atoms with Gasteiger partial charge in [0.05, 0.1) is 0 Å². The summed E-state index contributed by atoms with van der Waals surface area (Å²) >= 11 is 0. The molecule has 1 aromatic carbocycles. The number of nitrogens with one attached hydrogen (secondary N) is 1. The van der Waals surface area contributed by atoms with E-state index < -0.39 is 0 Å². The Labute approximate surface area is 124 Å². The van der Waals surface area contributed by atoms with Crippen LogP contribution in [0.1, 0.15) is 45.6 Å². The van der Waals surface area contributed by atoms with Crippen molar-refractivity contribution in [2.45, 2.75) is 57.5 Å². The van der Waals surface area contributed by atoms with Crippen LogP contribution in [-0.2, 0) is 5.41 Å². The lowest BCUT2D eigenvalue weighted by Gasteiger charge is -2.34. The summed E-state index contributed by atoms with van der Waals surface area (Å²) < 4.78 is 0. The van der Waals surface area contributed by atoms with Gasteiger partial charge in [-0.15, -0.1) is 0 Å². The third-order valence-corrected chi connectivity index (χ3v) is 4.61. The first-order valence-electron chi connectivity index (χ1n) is 7.97. The fourth-order valence-corrected chi connectivity index (χ4v) is 3.41. The van der Waals surface area contributed by atoms with Gasteiger partial charge in [-0.05, 0) is 57.3 Å². The Morgan fingerprint density at radius 2 is 1.80 bits per heavy atom. The van der Waals surface area contributed by atoms with Gasteiger partial charge < -0.3 is 10.2 Å². The van der Waals surface area contributed by atoms with E-state index in [9.17, 15) is 0 Å². The molecule has 0 saturated carbocycles. The number of benzene rings is 1. The highest BCUT2D eigenvalue weighted by molar-refractivity contribution is 5.23. The minimum absolute atomic E-state index is 0.235. The third-order valence-electron chi connectivity index (χ3n) is 4.61. The summed E-state index contributed by atoms with van der Waals surface area (Å²) in [6.45, 7) is 9.51. The van der Waals surface area contributed by atoms with E-state index in [0.29, 0.717) is 12.1 Å². The molecule has 1 heterocycles. The normalized spacial score (nSPS) is 20.0. The first kappa shape index (κ1) is 15.5. The summed E-state index contributed by atoms with van der Waals surface area (Å²) in [6.07, 6.45) is 3.75. The van der Waals surface area contributed by atoms with Crippen LogP contribution in [0.4, 0.5) is 0 Å². The molecule has 1 aromatic rings. The van der Waals surface area contributed by atoms with Gasteiger partial charge in [0.2, 0.25) is 0 Å². The van der Waals surface area contributed by atoms with Gasteiger partial charge in [0, 0.05) is 12.1 Å². The third kappa shape index (κ3) is 4.32. The lowest BCUT2D eigenvalue weighted by Crippen LogP contribution is -2.45. The highest BCUT2D eigenvalue weighted by Crippen LogP contribution is 2.28. The van der Waals surface area contributed by atoms with Gasteiger partial charge in [0.1, 0.15) is 0 Å². The molecule has 1 atom stereocenters. The van der Waals surface area contributed by atoms with E-state index in [4.69, 9.17) is 0 Å². The average Bonchev–Trinajstić information content (AvgIpc) is 2.42. The van der Waals surface area contributed by atoms with Gasteiger partial charge in [-0.25, -0.2) is 0 Å². The molecule has 0 aliphatic carbocycles. The molecule has 2 rings (SSSR count). The molecule has 1 fully saturated rings. The van der Waals surface area contributed by atoms with Crippen LogP contribution in [-0.4, -0.2) is 37.1 Å². The second-order valence-corrected chi connectivity index (χ2v) is 7.10. The van der Waals surface area contributed by atoms with Crippen molar-refractivity contribution in [2.75, 3.05) is 20.1 Å². The summed E-state index contributed by atoms with van der Waals surface area (Å²) in [5.74, 6) is 0. The summed E-state index contributed by atoms with van der Waals surface area (Å²) in [5.41, 5.74) is 1.68. The Morgan fingerprint density at radius 1 is 1.20 bits per heavy atom. The van der Waals surface area contributed by atoms with Gasteiger partial charge >= 0.3 is 0 Å². The first-order chi connectivity index (χ1) is 9.47. The van der Waals surface area contributed by atoms with E-state index in [-0.39, 0.29) is 5.41 Å². The molecule has 1 saturated heterocycles. The molecule has 0 radical (unpaired) electrons. The van der Waals surface area contributed by atoms with E-state index >= 15 is 0 Å². The lowest BCUT2D eigenvalue weighted by molar-refractivity contribution is 0.219. The van der Waals surface area contributed by atoms with Crippen molar-refractivity contribution < 1.29 is 0 Å². The lowest BCUT2D eigenvalue weighted by atomic mass is 9.79. The maximum absolute atomic E-state index is 3.84. The van der Waals surface area contributed by atoms with Crippen LogP contribution in [0.25, 0.3) is 0 Å². The number of hydrogen-bond donors (Lipinski definition) is 1. The standard InChI is InChI=1S/C18H30N2/c1-15(19-17-10-12-20(4)13-11-17)14-18(2,3)16-8-6-5-7-9-16/h5-9,15,17,19H,10-14H2,1-4H3. The van der Waals surface area contributed by atoms with Crippen molar-refractivity contribution in [2.24, 2.45) is 0 Å². The van der Waals surface area contributed by atoms with Crippen molar-refractivity contribution in [1.29, 1.82) is 0 Å². The Hall–Kier alpha value is -0.860. The van der Waals surface area contributed by atoms with E-state index in [1.807, 2.05) is 0 Å². The van der Waals surface area contributed by atoms with Gasteiger partial charge in [-0.2, -0.15) is 0 Å². The molecular weight excluding hydrogens is 244 g/mol. The molecule has 1 aliphatic heterocycles. The molecule has 1 aliphatic rings. The SMILES string of the molecule is CC(CC(C)(C)c1ccccc1)NC1CCN(C)CC1. The molecule has 1 unspecified atom stereocenters. The summed E-state index contributed by atoms with van der Waals surface area (Å²) in [4.78, 5) is 2.43. The van der Waals surface area contributed by atoms with E-state index in [1.54, 1.807) is 0 Å². The van der Waals surface area contributed by atoms with E-state index in [1.165, 1.54) is 37.9 Å². The first-order valence-corrected chi connectivity index (χ1v) is 7.97. The van der Waals surface area contributed by atoms with Crippen LogP contribution < -0.4 is 5.32 Å². The average molecular weight is 274 g/mol. The van der Waals surface area contributed by atoms with Crippen LogP contribution in [0.15, 0.2) is 30.3 Å². The van der Waals surface area contributed by atoms with Crippen LogP contribution in [0.5, 0.6) is 0 Å². The maximum atomic E-state index is 3.84. The Kier molecular flexibility index (Phi) is 5.22. The van der Waals surface area contributed by atoms with Crippen molar-refractivity contribution in [1.82, 2.24) is 10.2 Å². The molecule has 1 N–H and O–H groups in total. The molecular formula is C18H30N2. The quantitative estimate of drug-likeness (QED) is 0.885. The molecule has 2 heteroatoms. The molecule has 0 spiro atoms. The zero-order chi connectivity index (χ0) is 14.6. The molecule has 112 valence electrons. The summed E-state index contributed by atoms with van der Waals surface area (Å²) in [5, 5.41) is 3.84. The smallest absolute Gasteiger partial charge is 0.00938 e. The van der Waals surface area contributed by atoms with Crippen molar-refractivity contribution in [3.8, 4) is 0 Å². The Morgan fingerprint density at radius 3 is 2.40 bits per heavy atom. The molecule has 2 nitrogen and oxygen atoms in total. The second kappa shape index (κ2) is 6.73.